The lowest BCUT2D eigenvalue weighted by atomic mass is 9.99. The van der Waals surface area contributed by atoms with E-state index in [4.69, 9.17) is 5.73 Å². The maximum atomic E-state index is 11.7. The van der Waals surface area contributed by atoms with Crippen molar-refractivity contribution < 1.29 is 14.5 Å². The summed E-state index contributed by atoms with van der Waals surface area (Å²) in [5, 5.41) is 2.14. The third kappa shape index (κ3) is 2.68. The lowest BCUT2D eigenvalue weighted by molar-refractivity contribution is -0.929. The number of amides is 3. The summed E-state index contributed by atoms with van der Waals surface area (Å²) in [6.45, 7) is 3.52. The molecular formula is C13H18N3O2+. The number of rotatable bonds is 2. The molecular weight excluding hydrogens is 230 g/mol. The standard InChI is InChI=1S/C13H17N3O2/c1-9(12(17)15-13(14)18)16-7-6-10-4-2-3-5-11(10)8-16/h2-5,9H,6-8H2,1H3,(H3,14,15,17,18)/p+1/t9-/m1/s1. The fourth-order valence-corrected chi connectivity index (χ4v) is 2.39. The number of carbonyl (C=O) groups is 2. The van der Waals surface area contributed by atoms with E-state index in [1.165, 1.54) is 11.1 Å². The summed E-state index contributed by atoms with van der Waals surface area (Å²) in [4.78, 5) is 23.6. The summed E-state index contributed by atoms with van der Waals surface area (Å²) in [5.41, 5.74) is 7.58. The Morgan fingerprint density at radius 3 is 2.67 bits per heavy atom. The number of nitrogens with one attached hydrogen (secondary N) is 2. The molecule has 0 aromatic heterocycles. The lowest BCUT2D eigenvalue weighted by Crippen LogP contribution is -3.16. The summed E-state index contributed by atoms with van der Waals surface area (Å²) in [7, 11) is 0. The van der Waals surface area contributed by atoms with Crippen LogP contribution in [0.15, 0.2) is 24.3 Å². The molecule has 5 heteroatoms. The number of benzene rings is 1. The highest BCUT2D eigenvalue weighted by Crippen LogP contribution is 2.10. The van der Waals surface area contributed by atoms with Gasteiger partial charge in [0.05, 0.1) is 6.54 Å². The maximum Gasteiger partial charge on any atom is 0.319 e. The van der Waals surface area contributed by atoms with Gasteiger partial charge in [0, 0.05) is 12.0 Å². The van der Waals surface area contributed by atoms with Gasteiger partial charge in [0.2, 0.25) is 0 Å². The molecule has 0 radical (unpaired) electrons. The number of urea groups is 1. The SMILES string of the molecule is C[C@H](C(=O)NC(N)=O)[NH+]1CCc2ccccc2C1. The molecule has 1 aromatic carbocycles. The molecule has 5 nitrogen and oxygen atoms in total. The van der Waals surface area contributed by atoms with Gasteiger partial charge in [0.1, 0.15) is 6.54 Å². The van der Waals surface area contributed by atoms with Crippen LogP contribution >= 0.6 is 0 Å². The van der Waals surface area contributed by atoms with Crippen LogP contribution in [-0.4, -0.2) is 24.5 Å². The van der Waals surface area contributed by atoms with Gasteiger partial charge >= 0.3 is 6.03 Å². The molecule has 1 unspecified atom stereocenters. The van der Waals surface area contributed by atoms with E-state index in [0.717, 1.165) is 24.4 Å². The Kier molecular flexibility index (Phi) is 3.62. The number of fused-ring (bicyclic) bond motifs is 1. The number of quaternary nitrogens is 1. The number of carbonyl (C=O) groups excluding carboxylic acids is 2. The Labute approximate surface area is 106 Å². The third-order valence-electron chi connectivity index (χ3n) is 3.50. The van der Waals surface area contributed by atoms with Crippen molar-refractivity contribution in [1.82, 2.24) is 5.32 Å². The first-order chi connectivity index (χ1) is 8.58. The number of imide groups is 1. The first kappa shape index (κ1) is 12.6. The molecule has 96 valence electrons. The van der Waals surface area contributed by atoms with Crippen LogP contribution < -0.4 is 16.0 Å². The molecule has 2 rings (SSSR count). The Morgan fingerprint density at radius 1 is 1.33 bits per heavy atom. The van der Waals surface area contributed by atoms with Gasteiger partial charge in [-0.2, -0.15) is 0 Å². The van der Waals surface area contributed by atoms with Gasteiger partial charge in [0.25, 0.3) is 5.91 Å². The molecule has 4 N–H and O–H groups in total. The summed E-state index contributed by atoms with van der Waals surface area (Å²) in [6.07, 6.45) is 0.958. The largest absolute Gasteiger partial charge is 0.351 e. The average molecular weight is 248 g/mol. The second-order valence-corrected chi connectivity index (χ2v) is 4.68. The highest BCUT2D eigenvalue weighted by molar-refractivity contribution is 5.95. The molecule has 0 bridgehead atoms. The van der Waals surface area contributed by atoms with Gasteiger partial charge in [-0.25, -0.2) is 4.79 Å². The highest BCUT2D eigenvalue weighted by atomic mass is 16.2. The smallest absolute Gasteiger partial charge is 0.319 e. The second kappa shape index (κ2) is 5.18. The van der Waals surface area contributed by atoms with Crippen LogP contribution in [0.3, 0.4) is 0 Å². The Bertz CT molecular complexity index is 473. The zero-order chi connectivity index (χ0) is 13.1. The molecule has 1 aromatic rings. The van der Waals surface area contributed by atoms with Crippen LogP contribution in [0.1, 0.15) is 18.1 Å². The molecule has 3 amide bonds. The van der Waals surface area contributed by atoms with E-state index in [1.807, 2.05) is 19.1 Å². The van der Waals surface area contributed by atoms with Crippen molar-refractivity contribution in [3.63, 3.8) is 0 Å². The number of hydrogen-bond acceptors (Lipinski definition) is 2. The van der Waals surface area contributed by atoms with Gasteiger partial charge in [-0.3, -0.25) is 10.1 Å². The quantitative estimate of drug-likeness (QED) is 0.641. The van der Waals surface area contributed by atoms with Gasteiger partial charge in [-0.1, -0.05) is 24.3 Å². The van der Waals surface area contributed by atoms with Crippen LogP contribution in [0.5, 0.6) is 0 Å². The summed E-state index contributed by atoms with van der Waals surface area (Å²) in [6, 6.07) is 7.20. The number of nitrogens with two attached hydrogens (primary N) is 1. The van der Waals surface area contributed by atoms with Crippen molar-refractivity contribution in [1.29, 1.82) is 0 Å². The Morgan fingerprint density at radius 2 is 2.00 bits per heavy atom. The molecule has 2 atom stereocenters. The molecule has 0 spiro atoms. The van der Waals surface area contributed by atoms with Crippen LogP contribution in [0.4, 0.5) is 4.79 Å². The predicted octanol–water partition coefficient (Wildman–Crippen LogP) is -0.789. The minimum absolute atomic E-state index is 0.272. The normalized spacial score (nSPS) is 19.7. The third-order valence-corrected chi connectivity index (χ3v) is 3.50. The monoisotopic (exact) mass is 248 g/mol. The minimum atomic E-state index is -0.788. The fourth-order valence-electron chi connectivity index (χ4n) is 2.39. The van der Waals surface area contributed by atoms with E-state index >= 15 is 0 Å². The summed E-state index contributed by atoms with van der Waals surface area (Å²) in [5.74, 6) is -0.308. The van der Waals surface area contributed by atoms with Crippen molar-refractivity contribution in [2.45, 2.75) is 25.9 Å². The molecule has 0 saturated heterocycles. The zero-order valence-electron chi connectivity index (χ0n) is 10.4. The summed E-state index contributed by atoms with van der Waals surface area (Å²) < 4.78 is 0. The molecule has 1 aliphatic heterocycles. The van der Waals surface area contributed by atoms with E-state index in [2.05, 4.69) is 17.4 Å². The van der Waals surface area contributed by atoms with Crippen LogP contribution in [0.2, 0.25) is 0 Å². The fraction of sp³-hybridized carbons (Fsp3) is 0.385. The van der Waals surface area contributed by atoms with Gasteiger partial charge in [-0.05, 0) is 12.5 Å². The number of hydrogen-bond donors (Lipinski definition) is 3. The van der Waals surface area contributed by atoms with Crippen molar-refractivity contribution in [3.8, 4) is 0 Å². The second-order valence-electron chi connectivity index (χ2n) is 4.68. The molecule has 18 heavy (non-hydrogen) atoms. The van der Waals surface area contributed by atoms with E-state index in [1.54, 1.807) is 0 Å². The lowest BCUT2D eigenvalue weighted by Gasteiger charge is -2.29. The molecule has 0 aliphatic carbocycles. The number of primary amides is 1. The molecule has 1 aliphatic rings. The van der Waals surface area contributed by atoms with Crippen molar-refractivity contribution >= 4 is 11.9 Å². The zero-order valence-corrected chi connectivity index (χ0v) is 10.4. The van der Waals surface area contributed by atoms with Crippen LogP contribution in [0.25, 0.3) is 0 Å². The van der Waals surface area contributed by atoms with E-state index in [9.17, 15) is 9.59 Å². The van der Waals surface area contributed by atoms with E-state index in [0.29, 0.717) is 0 Å². The van der Waals surface area contributed by atoms with Crippen LogP contribution in [0, 0.1) is 0 Å². The first-order valence-corrected chi connectivity index (χ1v) is 6.09. The molecule has 0 saturated carbocycles. The van der Waals surface area contributed by atoms with Crippen molar-refractivity contribution in [2.24, 2.45) is 5.73 Å². The topological polar surface area (TPSA) is 76.6 Å². The van der Waals surface area contributed by atoms with Gasteiger partial charge < -0.3 is 10.6 Å². The predicted molar refractivity (Wildman–Crippen MR) is 66.9 cm³/mol. The van der Waals surface area contributed by atoms with Gasteiger partial charge in [0.15, 0.2) is 6.04 Å². The first-order valence-electron chi connectivity index (χ1n) is 6.09. The maximum absolute atomic E-state index is 11.7. The van der Waals surface area contributed by atoms with E-state index in [-0.39, 0.29) is 11.9 Å². The van der Waals surface area contributed by atoms with Gasteiger partial charge in [-0.15, -0.1) is 0 Å². The summed E-state index contributed by atoms with van der Waals surface area (Å²) >= 11 is 0. The van der Waals surface area contributed by atoms with Crippen molar-refractivity contribution in [2.75, 3.05) is 6.54 Å². The average Bonchev–Trinajstić information content (AvgIpc) is 2.36. The molecule has 0 fully saturated rings. The Balaban J connectivity index is 2.04. The minimum Gasteiger partial charge on any atom is -0.351 e. The van der Waals surface area contributed by atoms with Crippen molar-refractivity contribution in [3.05, 3.63) is 35.4 Å². The van der Waals surface area contributed by atoms with Crippen LogP contribution in [-0.2, 0) is 17.8 Å². The molecule has 1 heterocycles. The van der Waals surface area contributed by atoms with E-state index < -0.39 is 6.03 Å². The Hall–Kier alpha value is -1.88. The highest BCUT2D eigenvalue weighted by Gasteiger charge is 2.29.